The molecule has 0 saturated heterocycles. The number of benzene rings is 1. The summed E-state index contributed by atoms with van der Waals surface area (Å²) in [4.78, 5) is 24.7. The fraction of sp³-hybridized carbons (Fsp3) is 0.0769. The fourth-order valence-electron chi connectivity index (χ4n) is 1.74. The van der Waals surface area contributed by atoms with E-state index in [1.807, 2.05) is 0 Å². The van der Waals surface area contributed by atoms with E-state index in [-0.39, 0.29) is 5.69 Å². The lowest BCUT2D eigenvalue weighted by Gasteiger charge is -2.16. The number of carboxylic acid groups (broad SMARTS) is 1. The Morgan fingerprint density at radius 2 is 1.70 bits per heavy atom. The summed E-state index contributed by atoms with van der Waals surface area (Å²) in [5.74, 6) is 0. The standard InChI is InChI=1S/C13H10N2O5/c16-13(17)20-12(10-5-7-14-8-6-10)9-1-3-11(4-2-9)15(18)19/h1-8,12H,(H,16,17). The number of nitrogens with zero attached hydrogens (tertiary/aromatic N) is 2. The van der Waals surface area contributed by atoms with Gasteiger partial charge in [-0.2, -0.15) is 0 Å². The van der Waals surface area contributed by atoms with E-state index in [1.165, 1.54) is 36.7 Å². The summed E-state index contributed by atoms with van der Waals surface area (Å²) in [6.07, 6.45) is 0.749. The van der Waals surface area contributed by atoms with Crippen LogP contribution < -0.4 is 0 Å². The summed E-state index contributed by atoms with van der Waals surface area (Å²) in [6, 6.07) is 8.77. The van der Waals surface area contributed by atoms with Gasteiger partial charge in [0.2, 0.25) is 0 Å². The molecule has 0 spiro atoms. The second-order valence-electron chi connectivity index (χ2n) is 3.89. The molecule has 0 aliphatic rings. The van der Waals surface area contributed by atoms with Crippen molar-refractivity contribution >= 4 is 11.8 Å². The van der Waals surface area contributed by atoms with Crippen molar-refractivity contribution in [1.82, 2.24) is 4.98 Å². The number of rotatable bonds is 4. The molecule has 1 heterocycles. The summed E-state index contributed by atoms with van der Waals surface area (Å²) >= 11 is 0. The summed E-state index contributed by atoms with van der Waals surface area (Å²) in [6.45, 7) is 0. The van der Waals surface area contributed by atoms with Crippen molar-refractivity contribution in [2.75, 3.05) is 0 Å². The Morgan fingerprint density at radius 3 is 2.20 bits per heavy atom. The highest BCUT2D eigenvalue weighted by atomic mass is 16.7. The number of carbonyl (C=O) groups is 1. The van der Waals surface area contributed by atoms with Crippen LogP contribution in [0.3, 0.4) is 0 Å². The Balaban J connectivity index is 2.36. The van der Waals surface area contributed by atoms with Gasteiger partial charge in [0.05, 0.1) is 4.92 Å². The number of pyridine rings is 1. The van der Waals surface area contributed by atoms with Crippen molar-refractivity contribution in [1.29, 1.82) is 0 Å². The largest absolute Gasteiger partial charge is 0.506 e. The molecule has 0 fully saturated rings. The molecule has 1 aromatic carbocycles. The molecule has 102 valence electrons. The normalized spacial score (nSPS) is 11.6. The lowest BCUT2D eigenvalue weighted by Crippen LogP contribution is -2.10. The molecule has 0 saturated carbocycles. The smallest absolute Gasteiger partial charge is 0.450 e. The van der Waals surface area contributed by atoms with Gasteiger partial charge in [-0.15, -0.1) is 0 Å². The summed E-state index contributed by atoms with van der Waals surface area (Å²) in [5.41, 5.74) is 1.03. The van der Waals surface area contributed by atoms with Crippen LogP contribution in [0.1, 0.15) is 17.2 Å². The van der Waals surface area contributed by atoms with Crippen LogP contribution >= 0.6 is 0 Å². The maximum absolute atomic E-state index is 10.8. The first-order valence-electron chi connectivity index (χ1n) is 5.62. The number of hydrogen-bond donors (Lipinski definition) is 1. The quantitative estimate of drug-likeness (QED) is 0.522. The van der Waals surface area contributed by atoms with Crippen molar-refractivity contribution in [3.05, 3.63) is 70.0 Å². The summed E-state index contributed by atoms with van der Waals surface area (Å²) in [5, 5.41) is 19.4. The van der Waals surface area contributed by atoms with Crippen LogP contribution in [0, 0.1) is 10.1 Å². The van der Waals surface area contributed by atoms with Gasteiger partial charge in [0.25, 0.3) is 5.69 Å². The third-order valence-corrected chi connectivity index (χ3v) is 2.63. The zero-order chi connectivity index (χ0) is 14.5. The fourth-order valence-corrected chi connectivity index (χ4v) is 1.74. The molecule has 1 N–H and O–H groups in total. The second-order valence-corrected chi connectivity index (χ2v) is 3.89. The monoisotopic (exact) mass is 274 g/mol. The van der Waals surface area contributed by atoms with Gasteiger partial charge in [0.15, 0.2) is 6.10 Å². The molecule has 0 bridgehead atoms. The predicted molar refractivity (Wildman–Crippen MR) is 68.3 cm³/mol. The molecule has 1 atom stereocenters. The number of aromatic nitrogens is 1. The number of nitro groups is 1. The van der Waals surface area contributed by atoms with E-state index >= 15 is 0 Å². The minimum absolute atomic E-state index is 0.0717. The van der Waals surface area contributed by atoms with Crippen molar-refractivity contribution in [2.24, 2.45) is 0 Å². The van der Waals surface area contributed by atoms with Crippen LogP contribution in [0.15, 0.2) is 48.8 Å². The van der Waals surface area contributed by atoms with Gasteiger partial charge in [0, 0.05) is 30.1 Å². The van der Waals surface area contributed by atoms with E-state index in [1.54, 1.807) is 12.1 Å². The second kappa shape index (κ2) is 5.79. The van der Waals surface area contributed by atoms with Crippen LogP contribution in [0.5, 0.6) is 0 Å². The Hall–Kier alpha value is -2.96. The zero-order valence-corrected chi connectivity index (χ0v) is 10.2. The molecule has 0 amide bonds. The lowest BCUT2D eigenvalue weighted by molar-refractivity contribution is -0.384. The molecule has 7 heteroatoms. The first-order valence-corrected chi connectivity index (χ1v) is 5.62. The minimum atomic E-state index is -1.43. The van der Waals surface area contributed by atoms with Crippen molar-refractivity contribution in [3.8, 4) is 0 Å². The van der Waals surface area contributed by atoms with Crippen LogP contribution in [0.4, 0.5) is 10.5 Å². The van der Waals surface area contributed by atoms with Gasteiger partial charge in [0.1, 0.15) is 0 Å². The molecule has 0 aliphatic carbocycles. The molecular weight excluding hydrogens is 264 g/mol. The van der Waals surface area contributed by atoms with E-state index in [0.717, 1.165) is 0 Å². The van der Waals surface area contributed by atoms with Crippen molar-refractivity contribution in [2.45, 2.75) is 6.10 Å². The molecular formula is C13H10N2O5. The Labute approximate surface area is 113 Å². The first-order chi connectivity index (χ1) is 9.58. The van der Waals surface area contributed by atoms with E-state index < -0.39 is 17.2 Å². The third kappa shape index (κ3) is 3.08. The minimum Gasteiger partial charge on any atom is -0.450 e. The average molecular weight is 274 g/mol. The Kier molecular flexibility index (Phi) is 3.90. The number of nitro benzene ring substituents is 1. The molecule has 0 aliphatic heterocycles. The average Bonchev–Trinajstić information content (AvgIpc) is 2.45. The predicted octanol–water partition coefficient (Wildman–Crippen LogP) is 2.77. The van der Waals surface area contributed by atoms with Crippen molar-refractivity contribution in [3.63, 3.8) is 0 Å². The van der Waals surface area contributed by atoms with Crippen LogP contribution in [0.2, 0.25) is 0 Å². The van der Waals surface area contributed by atoms with E-state index in [4.69, 9.17) is 9.84 Å². The number of hydrogen-bond acceptors (Lipinski definition) is 5. The van der Waals surface area contributed by atoms with Gasteiger partial charge >= 0.3 is 6.16 Å². The van der Waals surface area contributed by atoms with Crippen LogP contribution in [-0.2, 0) is 4.74 Å². The van der Waals surface area contributed by atoms with Crippen LogP contribution in [-0.4, -0.2) is 21.2 Å². The van der Waals surface area contributed by atoms with Gasteiger partial charge in [-0.25, -0.2) is 4.79 Å². The highest BCUT2D eigenvalue weighted by Crippen LogP contribution is 2.27. The summed E-state index contributed by atoms with van der Waals surface area (Å²) in [7, 11) is 0. The number of non-ortho nitro benzene ring substituents is 1. The molecule has 2 rings (SSSR count). The van der Waals surface area contributed by atoms with Gasteiger partial charge in [-0.1, -0.05) is 0 Å². The maximum atomic E-state index is 10.8. The van der Waals surface area contributed by atoms with Crippen LogP contribution in [0.25, 0.3) is 0 Å². The topological polar surface area (TPSA) is 103 Å². The van der Waals surface area contributed by atoms with E-state index in [9.17, 15) is 14.9 Å². The molecule has 1 unspecified atom stereocenters. The molecule has 0 radical (unpaired) electrons. The van der Waals surface area contributed by atoms with E-state index in [2.05, 4.69) is 4.98 Å². The first kappa shape index (κ1) is 13.5. The molecule has 1 aromatic heterocycles. The highest BCUT2D eigenvalue weighted by molar-refractivity contribution is 5.58. The Bertz CT molecular complexity index is 612. The van der Waals surface area contributed by atoms with E-state index in [0.29, 0.717) is 11.1 Å². The SMILES string of the molecule is O=C(O)OC(c1ccncc1)c1ccc([N+](=O)[O-])cc1. The zero-order valence-electron chi connectivity index (χ0n) is 10.2. The van der Waals surface area contributed by atoms with Gasteiger partial charge in [-0.05, 0) is 29.8 Å². The maximum Gasteiger partial charge on any atom is 0.506 e. The summed E-state index contributed by atoms with van der Waals surface area (Å²) < 4.78 is 4.84. The molecule has 2 aromatic rings. The number of ether oxygens (including phenoxy) is 1. The highest BCUT2D eigenvalue weighted by Gasteiger charge is 2.19. The van der Waals surface area contributed by atoms with Crippen molar-refractivity contribution < 1.29 is 19.6 Å². The van der Waals surface area contributed by atoms with Gasteiger partial charge < -0.3 is 9.84 Å². The van der Waals surface area contributed by atoms with Gasteiger partial charge in [-0.3, -0.25) is 15.1 Å². The Morgan fingerprint density at radius 1 is 1.15 bits per heavy atom. The molecule has 20 heavy (non-hydrogen) atoms. The molecule has 7 nitrogen and oxygen atoms in total. The third-order valence-electron chi connectivity index (χ3n) is 2.63. The lowest BCUT2D eigenvalue weighted by atomic mass is 10.0.